The van der Waals surface area contributed by atoms with Gasteiger partial charge in [0.1, 0.15) is 0 Å². The molecule has 0 unspecified atom stereocenters. The average molecular weight is 1000 g/mol. The zero-order valence-corrected chi connectivity index (χ0v) is 42.9. The van der Waals surface area contributed by atoms with E-state index >= 15 is 0 Å². The Morgan fingerprint density at radius 1 is 0.732 bits per heavy atom. The molecule has 2 aliphatic heterocycles. The predicted octanol–water partition coefficient (Wildman–Crippen LogP) is 5.59. The fourth-order valence-corrected chi connectivity index (χ4v) is 6.95. The van der Waals surface area contributed by atoms with E-state index < -0.39 is 0 Å². The smallest absolute Gasteiger partial charge is 0.317 e. The standard InChI is InChI=1S/C25H35N7O3.C19H23ClN4O2.C6H13N3O/c1-17(2)35-22-15-32(16-22)25(33)29-13-20-6-5-19(11-18(20)3)23-7-8-28-24(31-23)30-21(12-26)14-27-9-10-34-4;1-12(2)26-16-10-24(11-16)19(25)22-9-15-5-4-14(8-13(15)3)17-6-7-21-18(20)23-17;1-10-3-2-9-5-6(8)4-7/h5-8,11-12,14,17,22H,9-10,13,15-16,26H2,1-4H3,(H,29,33)(H,28,30,31);4-8,12,16H,9-11H2,1-3H3,(H,22,25);4-5H,2-3,7-8H2,1H3. The number of likely N-dealkylation sites (tertiary alicyclic amines) is 2. The third-order valence-electron chi connectivity index (χ3n) is 10.6. The minimum absolute atomic E-state index is 0.0559. The first kappa shape index (κ1) is 56.9. The van der Waals surface area contributed by atoms with Gasteiger partial charge in [0.05, 0.1) is 99.7 Å². The van der Waals surface area contributed by atoms with Crippen LogP contribution in [0.4, 0.5) is 15.5 Å². The maximum absolute atomic E-state index is 12.4. The van der Waals surface area contributed by atoms with E-state index in [1.54, 1.807) is 42.6 Å². The molecule has 71 heavy (non-hydrogen) atoms. The third kappa shape index (κ3) is 19.9. The van der Waals surface area contributed by atoms with Crippen LogP contribution in [0.1, 0.15) is 49.9 Å². The number of halogens is 1. The number of amides is 4. The fourth-order valence-electron chi connectivity index (χ4n) is 6.81. The van der Waals surface area contributed by atoms with Crippen molar-refractivity contribution in [3.8, 4) is 22.5 Å². The number of carbonyl (C=O) groups excluding carboxylic acids is 2. The van der Waals surface area contributed by atoms with E-state index in [2.05, 4.69) is 51.9 Å². The molecule has 9 N–H and O–H groups in total. The van der Waals surface area contributed by atoms with Crippen LogP contribution >= 0.6 is 11.6 Å². The van der Waals surface area contributed by atoms with Gasteiger partial charge >= 0.3 is 12.1 Å². The second-order valence-electron chi connectivity index (χ2n) is 17.0. The molecule has 21 heteroatoms. The van der Waals surface area contributed by atoms with Crippen molar-refractivity contribution in [2.45, 2.75) is 79.0 Å². The molecule has 0 atom stereocenters. The van der Waals surface area contributed by atoms with Gasteiger partial charge in [-0.3, -0.25) is 9.98 Å². The summed E-state index contributed by atoms with van der Waals surface area (Å²) >= 11 is 5.85. The Labute approximate surface area is 422 Å². The summed E-state index contributed by atoms with van der Waals surface area (Å²) in [5.74, 6) is 0.417. The van der Waals surface area contributed by atoms with Crippen LogP contribution < -0.4 is 33.2 Å². The largest absolute Gasteiger partial charge is 0.403 e. The molecule has 6 rings (SSSR count). The topological polar surface area (TPSA) is 268 Å². The van der Waals surface area contributed by atoms with E-state index in [4.69, 9.17) is 47.7 Å². The number of rotatable bonds is 20. The molecule has 2 fully saturated rings. The number of carbonyl (C=O) groups is 2. The molecule has 0 spiro atoms. The summed E-state index contributed by atoms with van der Waals surface area (Å²) in [6.07, 6.45) is 9.83. The Bertz CT molecular complexity index is 2420. The molecule has 20 nitrogen and oxygen atoms in total. The summed E-state index contributed by atoms with van der Waals surface area (Å²) in [4.78, 5) is 53.2. The molecule has 2 aliphatic rings. The SMILES string of the molecule is COCCN=CC(=CN)Nc1nccc(-c2ccc(CNC(=O)N3CC(OC(C)C)C3)c(C)c2)n1.COCCN=CC(N)=CN.Cc1cc(-c2ccnc(Cl)n2)ccc1CNC(=O)N1CC(OC(C)C)C1. The summed E-state index contributed by atoms with van der Waals surface area (Å²) in [5, 5.41) is 9.26. The molecule has 2 aromatic carbocycles. The fraction of sp³-hybridized carbons (Fsp3) is 0.440. The first-order valence-electron chi connectivity index (χ1n) is 23.3. The van der Waals surface area contributed by atoms with Gasteiger partial charge in [0.2, 0.25) is 11.2 Å². The van der Waals surface area contributed by atoms with Crippen molar-refractivity contribution in [2.75, 3.05) is 72.0 Å². The Morgan fingerprint density at radius 3 is 1.65 bits per heavy atom. The number of aryl methyl sites for hydroxylation is 2. The van der Waals surface area contributed by atoms with Gasteiger partial charge in [-0.1, -0.05) is 24.3 Å². The van der Waals surface area contributed by atoms with E-state index in [0.29, 0.717) is 82.9 Å². The number of nitrogens with two attached hydrogens (primary N) is 3. The monoisotopic (exact) mass is 999 g/mol. The Balaban J connectivity index is 0.000000266. The maximum Gasteiger partial charge on any atom is 0.317 e. The molecule has 0 radical (unpaired) electrons. The number of allylic oxidation sites excluding steroid dienone is 2. The third-order valence-corrected chi connectivity index (χ3v) is 10.7. The van der Waals surface area contributed by atoms with E-state index in [9.17, 15) is 9.59 Å². The molecular formula is C50H71ClN14O6. The summed E-state index contributed by atoms with van der Waals surface area (Å²) in [6.45, 7) is 17.9. The average Bonchev–Trinajstić information content (AvgIpc) is 3.32. The van der Waals surface area contributed by atoms with Crippen molar-refractivity contribution in [3.63, 3.8) is 0 Å². The minimum Gasteiger partial charge on any atom is -0.403 e. The maximum atomic E-state index is 12.4. The highest BCUT2D eigenvalue weighted by atomic mass is 35.5. The van der Waals surface area contributed by atoms with Crippen molar-refractivity contribution in [1.82, 2.24) is 40.4 Å². The van der Waals surface area contributed by atoms with Gasteiger partial charge in [0, 0.05) is 75.7 Å². The van der Waals surface area contributed by atoms with Crippen LogP contribution in [0.3, 0.4) is 0 Å². The number of benzene rings is 2. The van der Waals surface area contributed by atoms with Gasteiger partial charge in [-0.15, -0.1) is 0 Å². The number of methoxy groups -OCH3 is 2. The van der Waals surface area contributed by atoms with Crippen LogP contribution in [-0.2, 0) is 32.0 Å². The van der Waals surface area contributed by atoms with Gasteiger partial charge in [-0.2, -0.15) is 0 Å². The van der Waals surface area contributed by atoms with E-state index in [1.807, 2.05) is 84.0 Å². The van der Waals surface area contributed by atoms with Crippen LogP contribution in [0, 0.1) is 13.8 Å². The normalized spacial score (nSPS) is 14.2. The Hall–Kier alpha value is -6.71. The van der Waals surface area contributed by atoms with Crippen molar-refractivity contribution < 1.29 is 28.5 Å². The second kappa shape index (κ2) is 30.1. The van der Waals surface area contributed by atoms with E-state index in [0.717, 1.165) is 44.8 Å². The molecule has 4 heterocycles. The molecule has 0 aliphatic carbocycles. The van der Waals surface area contributed by atoms with Crippen molar-refractivity contribution >= 4 is 42.0 Å². The summed E-state index contributed by atoms with van der Waals surface area (Å²) in [6, 6.07) is 15.6. The number of urea groups is 2. The highest BCUT2D eigenvalue weighted by Crippen LogP contribution is 2.24. The van der Waals surface area contributed by atoms with Crippen LogP contribution in [0.5, 0.6) is 0 Å². The Morgan fingerprint density at radius 2 is 1.21 bits per heavy atom. The highest BCUT2D eigenvalue weighted by Gasteiger charge is 2.32. The van der Waals surface area contributed by atoms with Gasteiger partial charge in [0.25, 0.3) is 0 Å². The summed E-state index contributed by atoms with van der Waals surface area (Å²) < 4.78 is 21.1. The molecule has 384 valence electrons. The summed E-state index contributed by atoms with van der Waals surface area (Å²) in [5.41, 5.74) is 24.9. The lowest BCUT2D eigenvalue weighted by atomic mass is 10.0. The summed E-state index contributed by atoms with van der Waals surface area (Å²) in [7, 11) is 3.25. The van der Waals surface area contributed by atoms with Gasteiger partial charge in [-0.25, -0.2) is 29.5 Å². The Kier molecular flexibility index (Phi) is 24.1. The lowest BCUT2D eigenvalue weighted by molar-refractivity contribution is -0.0642. The quantitative estimate of drug-likeness (QED) is 0.0358. The second-order valence-corrected chi connectivity index (χ2v) is 17.3. The van der Waals surface area contributed by atoms with Gasteiger partial charge in [0.15, 0.2) is 0 Å². The molecule has 4 aromatic rings. The molecular weight excluding hydrogens is 928 g/mol. The number of nitrogens with one attached hydrogen (secondary N) is 3. The van der Waals surface area contributed by atoms with Crippen molar-refractivity contribution in [1.29, 1.82) is 0 Å². The zero-order valence-electron chi connectivity index (χ0n) is 42.1. The number of nitrogens with zero attached hydrogens (tertiary/aromatic N) is 8. The first-order valence-corrected chi connectivity index (χ1v) is 23.7. The number of hydrogen-bond donors (Lipinski definition) is 6. The van der Waals surface area contributed by atoms with Crippen LogP contribution in [0.15, 0.2) is 94.7 Å². The molecule has 2 aromatic heterocycles. The van der Waals surface area contributed by atoms with Gasteiger partial charge in [-0.05, 0) is 99.7 Å². The molecule has 0 saturated carbocycles. The number of ether oxygens (including phenoxy) is 4. The number of anilines is 1. The lowest BCUT2D eigenvalue weighted by Gasteiger charge is -2.39. The van der Waals surface area contributed by atoms with Crippen molar-refractivity contribution in [2.24, 2.45) is 27.2 Å². The zero-order chi connectivity index (χ0) is 51.7. The van der Waals surface area contributed by atoms with Crippen LogP contribution in [-0.4, -0.2) is 145 Å². The molecule has 4 amide bonds. The molecule has 2 saturated heterocycles. The van der Waals surface area contributed by atoms with Crippen LogP contribution in [0.25, 0.3) is 22.5 Å². The molecule has 0 bridgehead atoms. The van der Waals surface area contributed by atoms with E-state index in [1.165, 1.54) is 18.6 Å². The first-order chi connectivity index (χ1) is 34.1. The number of aromatic nitrogens is 4. The number of hydrogen-bond acceptors (Lipinski definition) is 16. The lowest BCUT2D eigenvalue weighted by Crippen LogP contribution is -2.58. The predicted molar refractivity (Wildman–Crippen MR) is 280 cm³/mol. The van der Waals surface area contributed by atoms with Crippen LogP contribution in [0.2, 0.25) is 5.28 Å². The van der Waals surface area contributed by atoms with Crippen molar-refractivity contribution in [3.05, 3.63) is 112 Å². The van der Waals surface area contributed by atoms with E-state index in [-0.39, 0.29) is 41.8 Å². The number of aliphatic imine (C=N–C) groups is 2. The van der Waals surface area contributed by atoms with Gasteiger partial charge < -0.3 is 61.9 Å². The highest BCUT2D eigenvalue weighted by molar-refractivity contribution is 6.28. The minimum atomic E-state index is -0.0712.